The predicted octanol–water partition coefficient (Wildman–Crippen LogP) is -0.906. The van der Waals surface area contributed by atoms with Crippen LogP contribution in [0.2, 0.25) is 0 Å². The number of hydrogen-bond acceptors (Lipinski definition) is 6. The van der Waals surface area contributed by atoms with Crippen LogP contribution >= 0.6 is 0 Å². The fourth-order valence-electron chi connectivity index (χ4n) is 2.73. The Balaban J connectivity index is 1.80. The van der Waals surface area contributed by atoms with Gasteiger partial charge in [-0.3, -0.25) is 4.79 Å². The van der Waals surface area contributed by atoms with Crippen molar-refractivity contribution >= 4 is 5.91 Å². The Hall–Kier alpha value is -1.51. The molecule has 1 amide bonds. The first-order valence-corrected chi connectivity index (χ1v) is 7.72. The highest BCUT2D eigenvalue weighted by Gasteiger charge is 2.44. The van der Waals surface area contributed by atoms with Crippen LogP contribution in [-0.2, 0) is 4.74 Å². The second-order valence-electron chi connectivity index (χ2n) is 6.12. The number of amides is 1. The molecule has 7 heteroatoms. The van der Waals surface area contributed by atoms with Crippen molar-refractivity contribution in [2.45, 2.75) is 49.4 Å². The SMILES string of the molecule is O=C(NC1CC1)c1cccc(C2OC(CO)C(O)C(O)C2O)c1. The lowest BCUT2D eigenvalue weighted by atomic mass is 9.90. The van der Waals surface area contributed by atoms with Crippen molar-refractivity contribution in [2.75, 3.05) is 6.61 Å². The van der Waals surface area contributed by atoms with Crippen molar-refractivity contribution < 1.29 is 30.0 Å². The summed E-state index contributed by atoms with van der Waals surface area (Å²) in [6.07, 6.45) is -4.12. The Morgan fingerprint density at radius 2 is 1.91 bits per heavy atom. The molecule has 126 valence electrons. The summed E-state index contributed by atoms with van der Waals surface area (Å²) in [5, 5.41) is 41.9. The van der Waals surface area contributed by atoms with Gasteiger partial charge in [0.05, 0.1) is 6.61 Å². The van der Waals surface area contributed by atoms with Gasteiger partial charge in [0.15, 0.2) is 0 Å². The number of carbonyl (C=O) groups is 1. The highest BCUT2D eigenvalue weighted by Crippen LogP contribution is 2.32. The Morgan fingerprint density at radius 3 is 2.57 bits per heavy atom. The van der Waals surface area contributed by atoms with Crippen LogP contribution in [0, 0.1) is 0 Å². The van der Waals surface area contributed by atoms with E-state index in [0.29, 0.717) is 11.1 Å². The molecule has 1 heterocycles. The van der Waals surface area contributed by atoms with Crippen molar-refractivity contribution in [3.8, 4) is 0 Å². The second-order valence-corrected chi connectivity index (χ2v) is 6.12. The van der Waals surface area contributed by atoms with Crippen molar-refractivity contribution in [1.82, 2.24) is 5.32 Å². The standard InChI is InChI=1S/C16H21NO6/c18-7-11-12(19)13(20)14(21)15(23-11)8-2-1-3-9(6-8)16(22)17-10-4-5-10/h1-3,6,10-15,18-21H,4-5,7H2,(H,17,22). The molecule has 0 spiro atoms. The molecule has 5 unspecified atom stereocenters. The normalized spacial score (nSPS) is 34.2. The van der Waals surface area contributed by atoms with Crippen LogP contribution < -0.4 is 5.32 Å². The number of benzene rings is 1. The minimum Gasteiger partial charge on any atom is -0.394 e. The first-order valence-electron chi connectivity index (χ1n) is 7.72. The molecule has 5 atom stereocenters. The van der Waals surface area contributed by atoms with Gasteiger partial charge in [0.1, 0.15) is 30.5 Å². The third kappa shape index (κ3) is 3.39. The van der Waals surface area contributed by atoms with Crippen LogP contribution in [0.5, 0.6) is 0 Å². The maximum absolute atomic E-state index is 12.1. The van der Waals surface area contributed by atoms with E-state index in [4.69, 9.17) is 4.74 Å². The van der Waals surface area contributed by atoms with Crippen LogP contribution in [0.3, 0.4) is 0 Å². The summed E-state index contributed by atoms with van der Waals surface area (Å²) >= 11 is 0. The number of carbonyl (C=O) groups excluding carboxylic acids is 1. The van der Waals surface area contributed by atoms with Gasteiger partial charge in [-0.25, -0.2) is 0 Å². The van der Waals surface area contributed by atoms with Crippen LogP contribution in [0.1, 0.15) is 34.9 Å². The van der Waals surface area contributed by atoms with E-state index in [1.165, 1.54) is 0 Å². The maximum Gasteiger partial charge on any atom is 0.251 e. The molecule has 1 aliphatic heterocycles. The highest BCUT2D eigenvalue weighted by atomic mass is 16.5. The summed E-state index contributed by atoms with van der Waals surface area (Å²) in [7, 11) is 0. The lowest BCUT2D eigenvalue weighted by molar-refractivity contribution is -0.231. The Kier molecular flexibility index (Phi) is 4.65. The summed E-state index contributed by atoms with van der Waals surface area (Å²) in [6.45, 7) is -0.483. The molecule has 1 saturated carbocycles. The van der Waals surface area contributed by atoms with E-state index in [2.05, 4.69) is 5.32 Å². The molecule has 2 aliphatic rings. The topological polar surface area (TPSA) is 119 Å². The number of aliphatic hydroxyl groups excluding tert-OH is 4. The monoisotopic (exact) mass is 323 g/mol. The van der Waals surface area contributed by atoms with Gasteiger partial charge in [0, 0.05) is 11.6 Å². The molecule has 0 bridgehead atoms. The van der Waals surface area contributed by atoms with E-state index in [1.807, 2.05) is 0 Å². The summed E-state index contributed by atoms with van der Waals surface area (Å²) in [6, 6.07) is 6.81. The first kappa shape index (κ1) is 16.4. The molecule has 7 nitrogen and oxygen atoms in total. The van der Waals surface area contributed by atoms with Gasteiger partial charge in [-0.05, 0) is 30.5 Å². The zero-order valence-corrected chi connectivity index (χ0v) is 12.5. The minimum atomic E-state index is -1.44. The van der Waals surface area contributed by atoms with Gasteiger partial charge >= 0.3 is 0 Å². The van der Waals surface area contributed by atoms with Gasteiger partial charge in [-0.1, -0.05) is 12.1 Å². The van der Waals surface area contributed by atoms with Crippen LogP contribution in [0.4, 0.5) is 0 Å². The van der Waals surface area contributed by atoms with Crippen LogP contribution in [0.15, 0.2) is 24.3 Å². The van der Waals surface area contributed by atoms with E-state index in [9.17, 15) is 25.2 Å². The Bertz CT molecular complexity index is 573. The zero-order chi connectivity index (χ0) is 16.6. The highest BCUT2D eigenvalue weighted by molar-refractivity contribution is 5.94. The van der Waals surface area contributed by atoms with Crippen molar-refractivity contribution in [3.05, 3.63) is 35.4 Å². The van der Waals surface area contributed by atoms with Crippen molar-refractivity contribution in [1.29, 1.82) is 0 Å². The molecule has 1 aromatic rings. The third-order valence-electron chi connectivity index (χ3n) is 4.28. The number of nitrogens with one attached hydrogen (secondary N) is 1. The summed E-state index contributed by atoms with van der Waals surface area (Å²) < 4.78 is 5.50. The number of ether oxygens (including phenoxy) is 1. The molecule has 3 rings (SSSR count). The zero-order valence-electron chi connectivity index (χ0n) is 12.5. The summed E-state index contributed by atoms with van der Waals surface area (Å²) in [5.74, 6) is -0.195. The molecular formula is C16H21NO6. The predicted molar refractivity (Wildman–Crippen MR) is 79.7 cm³/mol. The molecule has 2 fully saturated rings. The lowest BCUT2D eigenvalue weighted by Gasteiger charge is -2.40. The molecule has 1 saturated heterocycles. The molecule has 1 aromatic carbocycles. The molecular weight excluding hydrogens is 302 g/mol. The average Bonchev–Trinajstić information content (AvgIpc) is 3.37. The molecule has 0 radical (unpaired) electrons. The van der Waals surface area contributed by atoms with E-state index < -0.39 is 37.1 Å². The van der Waals surface area contributed by atoms with Crippen molar-refractivity contribution in [2.24, 2.45) is 0 Å². The lowest BCUT2D eigenvalue weighted by Crippen LogP contribution is -2.55. The summed E-state index contributed by atoms with van der Waals surface area (Å²) in [5.41, 5.74) is 0.941. The van der Waals surface area contributed by atoms with Crippen LogP contribution in [0.25, 0.3) is 0 Å². The van der Waals surface area contributed by atoms with E-state index in [-0.39, 0.29) is 11.9 Å². The van der Waals surface area contributed by atoms with Crippen molar-refractivity contribution in [3.63, 3.8) is 0 Å². The quantitative estimate of drug-likeness (QED) is 0.490. The van der Waals surface area contributed by atoms with E-state index >= 15 is 0 Å². The Morgan fingerprint density at radius 1 is 1.17 bits per heavy atom. The Labute approximate surface area is 133 Å². The fraction of sp³-hybridized carbons (Fsp3) is 0.562. The second kappa shape index (κ2) is 6.54. The molecule has 1 aliphatic carbocycles. The first-order chi connectivity index (χ1) is 11.0. The molecule has 0 aromatic heterocycles. The number of rotatable bonds is 4. The van der Waals surface area contributed by atoms with Crippen LogP contribution in [-0.4, -0.2) is 63.4 Å². The van der Waals surface area contributed by atoms with Gasteiger partial charge < -0.3 is 30.5 Å². The number of aliphatic hydroxyl groups is 4. The van der Waals surface area contributed by atoms with E-state index in [0.717, 1.165) is 12.8 Å². The fourth-order valence-corrected chi connectivity index (χ4v) is 2.73. The largest absolute Gasteiger partial charge is 0.394 e. The van der Waals surface area contributed by atoms with Gasteiger partial charge in [-0.15, -0.1) is 0 Å². The van der Waals surface area contributed by atoms with E-state index in [1.54, 1.807) is 24.3 Å². The molecule has 23 heavy (non-hydrogen) atoms. The minimum absolute atomic E-state index is 0.195. The average molecular weight is 323 g/mol. The third-order valence-corrected chi connectivity index (χ3v) is 4.28. The molecule has 5 N–H and O–H groups in total. The maximum atomic E-state index is 12.1. The number of hydrogen-bond donors (Lipinski definition) is 5. The van der Waals surface area contributed by atoms with Gasteiger partial charge in [0.25, 0.3) is 5.91 Å². The summed E-state index contributed by atoms with van der Waals surface area (Å²) in [4.78, 5) is 12.1. The van der Waals surface area contributed by atoms with Gasteiger partial charge in [-0.2, -0.15) is 0 Å². The smallest absolute Gasteiger partial charge is 0.251 e. The van der Waals surface area contributed by atoms with Gasteiger partial charge in [0.2, 0.25) is 0 Å².